The predicted octanol–water partition coefficient (Wildman–Crippen LogP) is 5.72. The minimum Gasteiger partial charge on any atom is -0.492 e. The van der Waals surface area contributed by atoms with E-state index in [0.29, 0.717) is 23.1 Å². The zero-order chi connectivity index (χ0) is 18.7. The minimum atomic E-state index is -0.303. The number of thioether (sulfide) groups is 1. The lowest BCUT2D eigenvalue weighted by Gasteiger charge is -2.12. The first kappa shape index (κ1) is 18.7. The Labute approximate surface area is 165 Å². The Morgan fingerprint density at radius 2 is 1.88 bits per heavy atom. The summed E-state index contributed by atoms with van der Waals surface area (Å²) in [7, 11) is 0. The van der Waals surface area contributed by atoms with Gasteiger partial charge in [0.1, 0.15) is 5.75 Å². The molecule has 1 saturated heterocycles. The molecule has 0 N–H and O–H groups in total. The first-order valence-electron chi connectivity index (χ1n) is 8.21. The predicted molar refractivity (Wildman–Crippen MR) is 109 cm³/mol. The van der Waals surface area contributed by atoms with Gasteiger partial charge >= 0.3 is 0 Å². The molecule has 1 aliphatic heterocycles. The van der Waals surface area contributed by atoms with Gasteiger partial charge in [-0.3, -0.25) is 9.59 Å². The van der Waals surface area contributed by atoms with E-state index in [4.69, 9.17) is 4.74 Å². The van der Waals surface area contributed by atoms with Crippen molar-refractivity contribution < 1.29 is 14.3 Å². The topological polar surface area (TPSA) is 46.6 Å². The minimum absolute atomic E-state index is 0.289. The van der Waals surface area contributed by atoms with Gasteiger partial charge in [-0.25, -0.2) is 4.90 Å². The molecule has 0 atom stereocenters. The van der Waals surface area contributed by atoms with E-state index < -0.39 is 0 Å². The van der Waals surface area contributed by atoms with Crippen molar-refractivity contribution in [3.8, 4) is 5.75 Å². The van der Waals surface area contributed by atoms with Crippen molar-refractivity contribution in [2.24, 2.45) is 5.92 Å². The van der Waals surface area contributed by atoms with Crippen LogP contribution in [0.3, 0.4) is 0 Å². The van der Waals surface area contributed by atoms with Crippen molar-refractivity contribution >= 4 is 50.6 Å². The summed E-state index contributed by atoms with van der Waals surface area (Å²) >= 11 is 4.45. The SMILES string of the molecule is CC(C)COc1ccc(/C=C2\SC(=O)N(c3ccccc3)C2=O)cc1Br. The summed E-state index contributed by atoms with van der Waals surface area (Å²) < 4.78 is 6.55. The highest BCUT2D eigenvalue weighted by atomic mass is 79.9. The van der Waals surface area contributed by atoms with Crippen LogP contribution in [0.4, 0.5) is 10.5 Å². The van der Waals surface area contributed by atoms with E-state index in [1.54, 1.807) is 30.3 Å². The third kappa shape index (κ3) is 4.19. The van der Waals surface area contributed by atoms with Gasteiger partial charge in [0.05, 0.1) is 21.7 Å². The quantitative estimate of drug-likeness (QED) is 0.567. The van der Waals surface area contributed by atoms with Crippen LogP contribution in [0.1, 0.15) is 19.4 Å². The number of carbonyl (C=O) groups excluding carboxylic acids is 2. The number of rotatable bonds is 5. The fourth-order valence-electron chi connectivity index (χ4n) is 2.40. The summed E-state index contributed by atoms with van der Waals surface area (Å²) in [6.07, 6.45) is 1.73. The van der Waals surface area contributed by atoms with Crippen molar-refractivity contribution in [1.29, 1.82) is 0 Å². The van der Waals surface area contributed by atoms with Gasteiger partial charge in [0, 0.05) is 0 Å². The average Bonchev–Trinajstić information content (AvgIpc) is 2.88. The first-order valence-corrected chi connectivity index (χ1v) is 9.82. The fraction of sp³-hybridized carbons (Fsp3) is 0.200. The molecular weight excluding hydrogens is 414 g/mol. The summed E-state index contributed by atoms with van der Waals surface area (Å²) in [4.78, 5) is 26.5. The maximum Gasteiger partial charge on any atom is 0.298 e. The Balaban J connectivity index is 1.81. The maximum atomic E-state index is 12.6. The Morgan fingerprint density at radius 3 is 2.54 bits per heavy atom. The van der Waals surface area contributed by atoms with E-state index in [1.807, 2.05) is 24.3 Å². The van der Waals surface area contributed by atoms with Crippen LogP contribution in [-0.2, 0) is 4.79 Å². The Kier molecular flexibility index (Phi) is 5.84. The zero-order valence-electron chi connectivity index (χ0n) is 14.4. The van der Waals surface area contributed by atoms with Crippen molar-refractivity contribution in [2.45, 2.75) is 13.8 Å². The van der Waals surface area contributed by atoms with Gasteiger partial charge in [-0.2, -0.15) is 0 Å². The van der Waals surface area contributed by atoms with Crippen LogP contribution in [0.15, 0.2) is 57.9 Å². The van der Waals surface area contributed by atoms with Gasteiger partial charge < -0.3 is 4.74 Å². The molecule has 0 aliphatic carbocycles. The molecule has 1 heterocycles. The molecule has 1 aliphatic rings. The van der Waals surface area contributed by atoms with E-state index in [9.17, 15) is 9.59 Å². The van der Waals surface area contributed by atoms with Crippen LogP contribution >= 0.6 is 27.7 Å². The number of hydrogen-bond donors (Lipinski definition) is 0. The monoisotopic (exact) mass is 431 g/mol. The van der Waals surface area contributed by atoms with E-state index in [1.165, 1.54) is 4.90 Å². The van der Waals surface area contributed by atoms with Crippen molar-refractivity contribution in [2.75, 3.05) is 11.5 Å². The molecule has 4 nitrogen and oxygen atoms in total. The van der Waals surface area contributed by atoms with Gasteiger partial charge in [0.15, 0.2) is 0 Å². The van der Waals surface area contributed by atoms with E-state index in [2.05, 4.69) is 29.8 Å². The molecule has 6 heteroatoms. The summed E-state index contributed by atoms with van der Waals surface area (Å²) in [5.74, 6) is 0.891. The number of amides is 2. The molecule has 2 aromatic rings. The van der Waals surface area contributed by atoms with Crippen molar-refractivity contribution in [3.63, 3.8) is 0 Å². The molecule has 1 fully saturated rings. The molecule has 0 aromatic heterocycles. The van der Waals surface area contributed by atoms with Crippen molar-refractivity contribution in [3.05, 3.63) is 63.5 Å². The lowest BCUT2D eigenvalue weighted by atomic mass is 10.2. The first-order chi connectivity index (χ1) is 12.5. The zero-order valence-corrected chi connectivity index (χ0v) is 16.8. The lowest BCUT2D eigenvalue weighted by Crippen LogP contribution is -2.27. The van der Waals surface area contributed by atoms with Gasteiger partial charge in [0.25, 0.3) is 11.1 Å². The summed E-state index contributed by atoms with van der Waals surface area (Å²) in [6.45, 7) is 4.81. The highest BCUT2D eigenvalue weighted by Crippen LogP contribution is 2.36. The second-order valence-electron chi connectivity index (χ2n) is 6.25. The number of para-hydroxylation sites is 1. The normalized spacial score (nSPS) is 16.0. The van der Waals surface area contributed by atoms with Gasteiger partial charge in [-0.05, 0) is 69.5 Å². The van der Waals surface area contributed by atoms with Crippen LogP contribution in [0.5, 0.6) is 5.75 Å². The molecule has 134 valence electrons. The summed E-state index contributed by atoms with van der Waals surface area (Å²) in [5, 5.41) is -0.289. The molecule has 0 radical (unpaired) electrons. The van der Waals surface area contributed by atoms with E-state index in [-0.39, 0.29) is 11.1 Å². The smallest absolute Gasteiger partial charge is 0.298 e. The standard InChI is InChI=1S/C20H18BrNO3S/c1-13(2)12-25-17-9-8-14(10-16(17)21)11-18-19(23)22(20(24)26-18)15-6-4-3-5-7-15/h3-11,13H,12H2,1-2H3/b18-11-. The second-order valence-corrected chi connectivity index (χ2v) is 8.09. The number of benzene rings is 2. The Hall–Kier alpha value is -2.05. The molecule has 0 unspecified atom stereocenters. The number of anilines is 1. The lowest BCUT2D eigenvalue weighted by molar-refractivity contribution is -0.113. The highest BCUT2D eigenvalue weighted by molar-refractivity contribution is 9.10. The second kappa shape index (κ2) is 8.10. The molecule has 3 rings (SSSR count). The number of hydrogen-bond acceptors (Lipinski definition) is 4. The number of carbonyl (C=O) groups is 2. The summed E-state index contributed by atoms with van der Waals surface area (Å²) in [5.41, 5.74) is 1.41. The van der Waals surface area contributed by atoms with Crippen molar-refractivity contribution in [1.82, 2.24) is 0 Å². The average molecular weight is 432 g/mol. The fourth-order valence-corrected chi connectivity index (χ4v) is 3.75. The molecule has 26 heavy (non-hydrogen) atoms. The third-order valence-corrected chi connectivity index (χ3v) is 5.12. The third-order valence-electron chi connectivity index (χ3n) is 3.63. The Bertz CT molecular complexity index is 865. The maximum absolute atomic E-state index is 12.6. The highest BCUT2D eigenvalue weighted by Gasteiger charge is 2.36. The van der Waals surface area contributed by atoms with Crippen LogP contribution in [0.25, 0.3) is 6.08 Å². The number of imide groups is 1. The van der Waals surface area contributed by atoms with Crippen LogP contribution < -0.4 is 9.64 Å². The van der Waals surface area contributed by atoms with E-state index in [0.717, 1.165) is 27.5 Å². The Morgan fingerprint density at radius 1 is 1.15 bits per heavy atom. The van der Waals surface area contributed by atoms with Crippen LogP contribution in [0, 0.1) is 5.92 Å². The number of nitrogens with zero attached hydrogens (tertiary/aromatic N) is 1. The van der Waals surface area contributed by atoms with Crippen LogP contribution in [-0.4, -0.2) is 17.8 Å². The van der Waals surface area contributed by atoms with Gasteiger partial charge in [-0.1, -0.05) is 38.1 Å². The van der Waals surface area contributed by atoms with E-state index >= 15 is 0 Å². The largest absolute Gasteiger partial charge is 0.492 e. The van der Waals surface area contributed by atoms with Gasteiger partial charge in [-0.15, -0.1) is 0 Å². The van der Waals surface area contributed by atoms with Crippen LogP contribution in [0.2, 0.25) is 0 Å². The molecular formula is C20H18BrNO3S. The number of ether oxygens (including phenoxy) is 1. The molecule has 0 spiro atoms. The molecule has 2 amide bonds. The number of halogens is 1. The summed E-state index contributed by atoms with van der Waals surface area (Å²) in [6, 6.07) is 14.6. The molecule has 2 aromatic carbocycles. The molecule has 0 saturated carbocycles. The van der Waals surface area contributed by atoms with Gasteiger partial charge in [0.2, 0.25) is 0 Å². The molecule has 0 bridgehead atoms.